The first-order chi connectivity index (χ1) is 19.9. The largest absolute Gasteiger partial charge is 0.465 e. The summed E-state index contributed by atoms with van der Waals surface area (Å²) >= 11 is 0. The minimum atomic E-state index is -1.26. The van der Waals surface area contributed by atoms with Gasteiger partial charge in [0.05, 0.1) is 36.4 Å². The van der Waals surface area contributed by atoms with Gasteiger partial charge in [-0.3, -0.25) is 9.59 Å². The quantitative estimate of drug-likeness (QED) is 0.270. The molecule has 0 amide bonds. The first-order valence-electron chi connectivity index (χ1n) is 16.2. The topological polar surface area (TPSA) is 134 Å². The number of carbonyl (C=O) groups is 2. The standard InChI is InChI=1S/C35H54O8/c1-9-34-15-13-26(38)31(6,18-42-20(2)36)24(34)12-14-32(7)25(34)11-10-22-23-16-30(4,5)28(40)29(41)35(23,19-43-21(3)37)27(39)17-33(22,32)8/h9-10,23-29,38-41H,1,11-19H2,2-8H3/t23?,24?,25?,26-,27+,28-,29-,31+,32+,33+,34-,35-/m0/s1. The van der Waals surface area contributed by atoms with Gasteiger partial charge >= 0.3 is 11.9 Å². The van der Waals surface area contributed by atoms with Gasteiger partial charge in [-0.05, 0) is 84.4 Å². The van der Waals surface area contributed by atoms with E-state index in [0.29, 0.717) is 19.3 Å². The minimum Gasteiger partial charge on any atom is -0.465 e. The molecular formula is C35H54O8. The van der Waals surface area contributed by atoms with E-state index < -0.39 is 52.0 Å². The normalized spacial score (nSPS) is 50.1. The Hall–Kier alpha value is -1.74. The minimum absolute atomic E-state index is 0.0689. The highest BCUT2D eigenvalue weighted by Crippen LogP contribution is 2.76. The fraction of sp³-hybridized carbons (Fsp3) is 0.829. The summed E-state index contributed by atoms with van der Waals surface area (Å²) in [6, 6.07) is 0. The molecule has 12 atom stereocenters. The predicted octanol–water partition coefficient (Wildman–Crippen LogP) is 4.33. The molecule has 0 saturated heterocycles. The second-order valence-corrected chi connectivity index (χ2v) is 16.2. The molecule has 0 radical (unpaired) electrons. The summed E-state index contributed by atoms with van der Waals surface area (Å²) in [5.41, 5.74) is -2.21. The molecule has 8 heteroatoms. The molecule has 4 N–H and O–H groups in total. The molecule has 3 unspecified atom stereocenters. The number of hydrogen-bond donors (Lipinski definition) is 4. The molecule has 0 aromatic heterocycles. The van der Waals surface area contributed by atoms with Crippen molar-refractivity contribution in [2.45, 2.75) is 118 Å². The molecule has 5 rings (SSSR count). The van der Waals surface area contributed by atoms with E-state index in [2.05, 4.69) is 39.5 Å². The van der Waals surface area contributed by atoms with Gasteiger partial charge in [0, 0.05) is 19.3 Å². The molecule has 0 aromatic carbocycles. The maximum atomic E-state index is 12.1. The Bertz CT molecular complexity index is 1190. The van der Waals surface area contributed by atoms with Gasteiger partial charge < -0.3 is 29.9 Å². The van der Waals surface area contributed by atoms with Crippen molar-refractivity contribution in [3.8, 4) is 0 Å². The van der Waals surface area contributed by atoms with Gasteiger partial charge in [0.25, 0.3) is 0 Å². The van der Waals surface area contributed by atoms with Crippen LogP contribution in [0.5, 0.6) is 0 Å². The van der Waals surface area contributed by atoms with Crippen LogP contribution >= 0.6 is 0 Å². The van der Waals surface area contributed by atoms with Crippen molar-refractivity contribution in [2.75, 3.05) is 13.2 Å². The van der Waals surface area contributed by atoms with E-state index in [1.807, 2.05) is 13.8 Å². The van der Waals surface area contributed by atoms with Crippen LogP contribution in [0, 0.1) is 50.2 Å². The van der Waals surface area contributed by atoms with E-state index in [-0.39, 0.29) is 47.8 Å². The van der Waals surface area contributed by atoms with Crippen molar-refractivity contribution in [1.82, 2.24) is 0 Å². The summed E-state index contributed by atoms with van der Waals surface area (Å²) < 4.78 is 11.1. The maximum Gasteiger partial charge on any atom is 0.302 e. The van der Waals surface area contributed by atoms with Crippen LogP contribution in [0.15, 0.2) is 24.3 Å². The third-order valence-electron chi connectivity index (χ3n) is 14.0. The van der Waals surface area contributed by atoms with Crippen molar-refractivity contribution >= 4 is 11.9 Å². The van der Waals surface area contributed by atoms with Crippen molar-refractivity contribution in [2.24, 2.45) is 50.2 Å². The lowest BCUT2D eigenvalue weighted by Gasteiger charge is -2.72. The first-order valence-corrected chi connectivity index (χ1v) is 16.2. The van der Waals surface area contributed by atoms with Gasteiger partial charge in [-0.15, -0.1) is 6.58 Å². The van der Waals surface area contributed by atoms with Crippen molar-refractivity contribution in [3.05, 3.63) is 24.3 Å². The monoisotopic (exact) mass is 602 g/mol. The summed E-state index contributed by atoms with van der Waals surface area (Å²) in [7, 11) is 0. The van der Waals surface area contributed by atoms with Gasteiger partial charge in [-0.1, -0.05) is 52.3 Å². The second-order valence-electron chi connectivity index (χ2n) is 16.2. The molecule has 0 heterocycles. The van der Waals surface area contributed by atoms with E-state index in [1.54, 1.807) is 0 Å². The zero-order chi connectivity index (χ0) is 32.0. The second kappa shape index (κ2) is 10.4. The van der Waals surface area contributed by atoms with Gasteiger partial charge in [-0.2, -0.15) is 0 Å². The average molecular weight is 603 g/mol. The molecular weight excluding hydrogens is 548 g/mol. The molecule has 8 nitrogen and oxygen atoms in total. The van der Waals surface area contributed by atoms with Gasteiger partial charge in [0.15, 0.2) is 0 Å². The lowest BCUT2D eigenvalue weighted by molar-refractivity contribution is -0.258. The van der Waals surface area contributed by atoms with Crippen molar-refractivity contribution in [1.29, 1.82) is 0 Å². The third-order valence-corrected chi connectivity index (χ3v) is 14.0. The summed E-state index contributed by atoms with van der Waals surface area (Å²) in [4.78, 5) is 23.9. The van der Waals surface area contributed by atoms with Crippen molar-refractivity contribution in [3.63, 3.8) is 0 Å². The highest BCUT2D eigenvalue weighted by atomic mass is 16.5. The van der Waals surface area contributed by atoms with Crippen LogP contribution in [-0.2, 0) is 19.1 Å². The third kappa shape index (κ3) is 4.29. The maximum absolute atomic E-state index is 12.1. The number of ether oxygens (including phenoxy) is 2. The molecule has 0 bridgehead atoms. The molecule has 0 spiro atoms. The fourth-order valence-electron chi connectivity index (χ4n) is 11.3. The number of carbonyl (C=O) groups excluding carboxylic acids is 2. The van der Waals surface area contributed by atoms with E-state index in [9.17, 15) is 30.0 Å². The van der Waals surface area contributed by atoms with Crippen LogP contribution in [0.2, 0.25) is 0 Å². The molecule has 4 fully saturated rings. The molecule has 5 aliphatic rings. The smallest absolute Gasteiger partial charge is 0.302 e. The van der Waals surface area contributed by atoms with Crippen LogP contribution < -0.4 is 0 Å². The van der Waals surface area contributed by atoms with E-state index in [0.717, 1.165) is 25.7 Å². The average Bonchev–Trinajstić information content (AvgIpc) is 2.92. The Labute approximate surface area is 256 Å². The van der Waals surface area contributed by atoms with E-state index in [4.69, 9.17) is 9.47 Å². The number of aliphatic hydroxyl groups excluding tert-OH is 4. The Kier molecular flexibility index (Phi) is 7.89. The molecule has 5 aliphatic carbocycles. The van der Waals surface area contributed by atoms with E-state index >= 15 is 0 Å². The number of hydrogen-bond acceptors (Lipinski definition) is 8. The van der Waals surface area contributed by atoms with Crippen LogP contribution in [-0.4, -0.2) is 70.0 Å². The highest BCUT2D eigenvalue weighted by molar-refractivity contribution is 5.66. The lowest BCUT2D eigenvalue weighted by Crippen LogP contribution is -2.72. The number of allylic oxidation sites excluding steroid dienone is 3. The predicted molar refractivity (Wildman–Crippen MR) is 161 cm³/mol. The van der Waals surface area contributed by atoms with Crippen LogP contribution in [0.4, 0.5) is 0 Å². The summed E-state index contributed by atoms with van der Waals surface area (Å²) in [5, 5.41) is 46.4. The molecule has 0 aromatic rings. The van der Waals surface area contributed by atoms with Gasteiger partial charge in [0.1, 0.15) is 6.61 Å². The van der Waals surface area contributed by atoms with Crippen molar-refractivity contribution < 1.29 is 39.5 Å². The van der Waals surface area contributed by atoms with Gasteiger partial charge in [-0.25, -0.2) is 0 Å². The number of esters is 2. The zero-order valence-electron chi connectivity index (χ0n) is 27.2. The van der Waals surface area contributed by atoms with Crippen LogP contribution in [0.25, 0.3) is 0 Å². The SMILES string of the molecule is C=C[C@]12CC[C@H](O)[C@](C)(COC(C)=O)C1CC[C@]1(C)C2CC=C2C3CC(C)(C)[C@@H](O)[C@H](O)[C@]3(COC(C)=O)[C@H](O)C[C@]21C. The summed E-state index contributed by atoms with van der Waals surface area (Å²) in [6.45, 7) is 17.7. The number of rotatable bonds is 5. The zero-order valence-corrected chi connectivity index (χ0v) is 27.2. The summed E-state index contributed by atoms with van der Waals surface area (Å²) in [6.07, 6.45) is 5.28. The van der Waals surface area contributed by atoms with Gasteiger partial charge in [0.2, 0.25) is 0 Å². The summed E-state index contributed by atoms with van der Waals surface area (Å²) in [5.74, 6) is -0.870. The lowest BCUT2D eigenvalue weighted by atomic mass is 9.32. The van der Waals surface area contributed by atoms with E-state index in [1.165, 1.54) is 19.4 Å². The Balaban J connectivity index is 1.62. The molecule has 0 aliphatic heterocycles. The first kappa shape index (κ1) is 32.6. The number of fused-ring (bicyclic) bond motifs is 7. The Morgan fingerprint density at radius 2 is 1.51 bits per heavy atom. The van der Waals surface area contributed by atoms with Crippen LogP contribution in [0.1, 0.15) is 93.4 Å². The highest BCUT2D eigenvalue weighted by Gasteiger charge is 2.73. The Morgan fingerprint density at radius 3 is 2.12 bits per heavy atom. The fourth-order valence-corrected chi connectivity index (χ4v) is 11.3. The molecule has 43 heavy (non-hydrogen) atoms. The number of aliphatic hydroxyl groups is 4. The Morgan fingerprint density at radius 1 is 0.884 bits per heavy atom. The molecule has 242 valence electrons. The van der Waals surface area contributed by atoms with Crippen LogP contribution in [0.3, 0.4) is 0 Å². The molecule has 4 saturated carbocycles.